The number of carboxylic acid groups (broad SMARTS) is 1. The van der Waals surface area contributed by atoms with E-state index in [4.69, 9.17) is 45.1 Å². The first-order valence-corrected chi connectivity index (χ1v) is 34.7. The van der Waals surface area contributed by atoms with Crippen LogP contribution in [0.1, 0.15) is 124 Å². The molecule has 10 rings (SSSR count). The van der Waals surface area contributed by atoms with Crippen molar-refractivity contribution in [2.24, 2.45) is 5.73 Å². The monoisotopic (exact) mass is 1730 g/mol. The van der Waals surface area contributed by atoms with Gasteiger partial charge >= 0.3 is 68.6 Å². The summed E-state index contributed by atoms with van der Waals surface area (Å²) >= 11 is 2.89. The third-order valence-corrected chi connectivity index (χ3v) is 15.5. The Bertz CT molecular complexity index is 4350. The number of aliphatic hydroxyl groups is 1. The number of hydrogen-bond acceptors (Lipinski definition) is 11. The summed E-state index contributed by atoms with van der Waals surface area (Å²) in [7, 11) is 1.82. The predicted molar refractivity (Wildman–Crippen MR) is 424 cm³/mol. The number of ether oxygens (including phenoxy) is 4. The topological polar surface area (TPSA) is 209 Å². The second-order valence-electron chi connectivity index (χ2n) is 23.0. The van der Waals surface area contributed by atoms with Crippen molar-refractivity contribution in [2.75, 3.05) is 58.4 Å². The van der Waals surface area contributed by atoms with Gasteiger partial charge in [0.15, 0.2) is 34.7 Å². The number of aliphatic hydroxyl groups excluding tert-OH is 1. The van der Waals surface area contributed by atoms with E-state index < -0.39 is 83.1 Å². The van der Waals surface area contributed by atoms with E-state index in [0.29, 0.717) is 78.0 Å². The summed E-state index contributed by atoms with van der Waals surface area (Å²) < 4.78 is 211. The van der Waals surface area contributed by atoms with Crippen LogP contribution in [-0.2, 0) is 59.4 Å². The second kappa shape index (κ2) is 58.4. The van der Waals surface area contributed by atoms with Gasteiger partial charge in [0.05, 0.1) is 65.1 Å². The van der Waals surface area contributed by atoms with Gasteiger partial charge in [0.25, 0.3) is 6.47 Å². The van der Waals surface area contributed by atoms with Crippen molar-refractivity contribution < 1.29 is 145 Å². The van der Waals surface area contributed by atoms with Crippen molar-refractivity contribution in [2.45, 2.75) is 68.8 Å². The normalized spacial score (nSPS) is 11.9. The molecule has 0 fully saturated rings. The molecule has 10 aromatic carbocycles. The molecule has 0 aliphatic rings. The van der Waals surface area contributed by atoms with E-state index >= 15 is 0 Å². The number of carbonyl (C=O) groups excluding carboxylic acids is 1. The number of nitrogens with one attached hydrogen (secondary N) is 2. The van der Waals surface area contributed by atoms with E-state index in [1.165, 1.54) is 60.7 Å². The summed E-state index contributed by atoms with van der Waals surface area (Å²) in [5.74, 6) is 0. The second-order valence-corrected chi connectivity index (χ2v) is 23.6. The van der Waals surface area contributed by atoms with E-state index in [1.807, 2.05) is 134 Å². The van der Waals surface area contributed by atoms with Crippen molar-refractivity contribution in [3.05, 3.63) is 356 Å². The average Bonchev–Trinajstić information content (AvgIpc) is 0.842. The molecule has 0 aliphatic heterocycles. The van der Waals surface area contributed by atoms with Crippen molar-refractivity contribution >= 4 is 63.5 Å². The maximum Gasteiger partial charge on any atom is 1.00 e. The molecule has 117 heavy (non-hydrogen) atoms. The molecular weight excluding hydrogens is 1640 g/mol. The van der Waals surface area contributed by atoms with Crippen LogP contribution in [0.5, 0.6) is 0 Å². The molecule has 0 heterocycles. The first-order valence-electron chi connectivity index (χ1n) is 33.5. The molecule has 33 heteroatoms. The molecule has 0 saturated carbocycles. The Balaban J connectivity index is -0.000000671. The fraction of sp³-hybridized carbons (Fsp3) is 0.238. The van der Waals surface area contributed by atoms with E-state index in [0.717, 1.165) is 82.9 Å². The molecule has 1 amide bonds. The zero-order valence-electron chi connectivity index (χ0n) is 63.5. The zero-order valence-corrected chi connectivity index (χ0v) is 63.1. The fourth-order valence-electron chi connectivity index (χ4n) is 10.0. The van der Waals surface area contributed by atoms with Crippen LogP contribution in [0.15, 0.2) is 273 Å². The molecule has 5 unspecified atom stereocenters. The van der Waals surface area contributed by atoms with Gasteiger partial charge in [0, 0.05) is 19.6 Å². The summed E-state index contributed by atoms with van der Waals surface area (Å²) in [4.78, 5) is 18.6. The van der Waals surface area contributed by atoms with Crippen LogP contribution < -0.4 is 54.1 Å². The zero-order chi connectivity index (χ0) is 82.6. The first kappa shape index (κ1) is 111. The molecule has 618 valence electrons. The van der Waals surface area contributed by atoms with Crippen LogP contribution >= 0.6 is 15.9 Å². The molecule has 0 spiro atoms. The number of rotatable bonds is 24. The summed E-state index contributed by atoms with van der Waals surface area (Å²) in [5.41, 5.74) is 9.06. The summed E-state index contributed by atoms with van der Waals surface area (Å²) in [6.07, 6.45) is -23.9. The molecule has 5 atom stereocenters. The molecule has 0 aliphatic carbocycles. The Hall–Kier alpha value is -8.47. The average molecular weight is 1730 g/mol. The number of likely N-dealkylation sites (N-methyl/N-ethyl adjacent to an activating group) is 1. The summed E-state index contributed by atoms with van der Waals surface area (Å²) in [6.45, 7) is 2.01. The van der Waals surface area contributed by atoms with Gasteiger partial charge in [-0.25, -0.2) is 0 Å². The quantitative estimate of drug-likeness (QED) is 0.0126. The molecule has 10 aromatic rings. The molecule has 0 aromatic heterocycles. The number of nitriles is 2. The van der Waals surface area contributed by atoms with Crippen LogP contribution in [-0.4, -0.2) is 116 Å². The largest absolute Gasteiger partial charge is 1.00 e. The molecular formula is C84H89Al2BrF15Li2N5O8. The minimum atomic E-state index is -4.37. The van der Waals surface area contributed by atoms with Crippen LogP contribution in [0, 0.1) is 22.7 Å². The first-order chi connectivity index (χ1) is 53.4. The van der Waals surface area contributed by atoms with Crippen molar-refractivity contribution in [1.29, 1.82) is 10.5 Å². The Morgan fingerprint density at radius 2 is 0.598 bits per heavy atom. The van der Waals surface area contributed by atoms with Gasteiger partial charge in [0.2, 0.25) is 6.41 Å². The number of alkyl halides is 16. The van der Waals surface area contributed by atoms with Gasteiger partial charge < -0.3 is 48.4 Å². The fourth-order valence-corrected chi connectivity index (χ4v) is 10.0. The maximum absolute atomic E-state index is 12.7. The predicted octanol–water partition coefficient (Wildman–Crippen LogP) is 12.6. The third-order valence-electron chi connectivity index (χ3n) is 15.3. The number of halogens is 16. The number of nitrogens with two attached hydrogens (primary N) is 1. The number of amides is 1. The summed E-state index contributed by atoms with van der Waals surface area (Å²) in [5, 5.41) is 39.0. The molecule has 6 N–H and O–H groups in total. The minimum Gasteiger partial charge on any atom is -1.00 e. The third kappa shape index (κ3) is 40.7. The number of hydrogen-bond donors (Lipinski definition) is 5. The Kier molecular flexibility index (Phi) is 55.2. The Labute approximate surface area is 726 Å². The minimum absolute atomic E-state index is 0. The standard InChI is InChI=1S/C17H16F3NO2.C17H18F3NO.C16H16F3NO.C16H12F3NO.C14H11F3O.C2H2BrN.CH2O2.CH4.2Al.2Li.8H/c18-17(19,20)15-8-6-14(7-9-15)16(23-11-10-21-12-22)13-4-2-1-3-5-13;1-21-11-12-22-16(13-5-3-2-4-6-13)14-7-9-15(10-8-14)17(18,19)20;2*17-16(18,19)14-8-6-13(7-9-14)15(21-11-10-20)12-4-2-1-3-5-12;15-14(16,17)12-8-6-11(7-9-12)13(18)10-4-2-1-3-5-10;3-1-2-4;2-1-3;;;;;;;;;;;;;/h1-9,12,16H,10-11H2,(H,21,22);2-10,16,21H,11-12H2,1H3;1-9,15H,10-11,20H2;1-9,15H,11H2;1-9,13,18H;1H2;1H,(H,2,3);1H4;;;;;;;;;;;;/q;;;;;;;;;;2*+1;;;;;;;2*-1. The van der Waals surface area contributed by atoms with Gasteiger partial charge in [-0.1, -0.05) is 236 Å². The van der Waals surface area contributed by atoms with Gasteiger partial charge in [0.1, 0.15) is 37.1 Å². The number of carbonyl (C=O) groups is 2. The Morgan fingerprint density at radius 1 is 0.393 bits per heavy atom. The molecule has 13 nitrogen and oxygen atoms in total. The molecule has 0 bridgehead atoms. The Morgan fingerprint density at radius 3 is 0.812 bits per heavy atom. The maximum atomic E-state index is 12.7. The van der Waals surface area contributed by atoms with Crippen LogP contribution in [0.25, 0.3) is 0 Å². The van der Waals surface area contributed by atoms with Gasteiger partial charge in [-0.15, -0.1) is 0 Å². The van der Waals surface area contributed by atoms with Crippen LogP contribution in [0.4, 0.5) is 65.9 Å². The van der Waals surface area contributed by atoms with E-state index in [1.54, 1.807) is 36.4 Å². The van der Waals surface area contributed by atoms with E-state index in [9.17, 15) is 75.8 Å². The van der Waals surface area contributed by atoms with Gasteiger partial charge in [-0.05, 0) is 123 Å². The number of nitrogens with zero attached hydrogens (tertiary/aromatic N) is 2. The van der Waals surface area contributed by atoms with Crippen LogP contribution in [0.3, 0.4) is 0 Å². The van der Waals surface area contributed by atoms with E-state index in [-0.39, 0.29) is 109 Å². The van der Waals surface area contributed by atoms with Gasteiger partial charge in [-0.2, -0.15) is 76.4 Å². The van der Waals surface area contributed by atoms with E-state index in [2.05, 4.69) is 26.6 Å². The van der Waals surface area contributed by atoms with Crippen molar-refractivity contribution in [3.63, 3.8) is 0 Å². The van der Waals surface area contributed by atoms with Crippen molar-refractivity contribution in [3.8, 4) is 12.1 Å². The summed E-state index contributed by atoms with van der Waals surface area (Å²) in [6, 6.07) is 73.9. The molecule has 0 saturated heterocycles. The van der Waals surface area contributed by atoms with Gasteiger partial charge in [-0.3, -0.25) is 9.59 Å². The van der Waals surface area contributed by atoms with Crippen molar-refractivity contribution in [1.82, 2.24) is 10.6 Å². The smallest absolute Gasteiger partial charge is 1.00 e. The SMILES string of the molecule is C.CNCCOC(c1ccccc1)c1ccc(C(F)(F)F)cc1.N#CCBr.N#CCOC(c1ccccc1)c1ccc(C(F)(F)F)cc1.NCCOC(c1ccccc1)c1ccc(C(F)(F)F)cc1.O=CNCCOC(c1ccccc1)c1ccc(C(F)(F)F)cc1.O=CO.OC(c1ccccc1)c1ccc(C(F)(F)F)cc1.[AlH3].[AlH3].[H-].[H-].[Li+].[Li+]. The number of benzene rings is 10. The van der Waals surface area contributed by atoms with Crippen LogP contribution in [0.2, 0.25) is 0 Å². The molecule has 0 radical (unpaired) electrons.